The zero-order valence-corrected chi connectivity index (χ0v) is 21.5. The summed E-state index contributed by atoms with van der Waals surface area (Å²) in [6.07, 6.45) is 0. The summed E-state index contributed by atoms with van der Waals surface area (Å²) >= 11 is 1.34. The Morgan fingerprint density at radius 2 is 1.64 bits per heavy atom. The number of carbonyl (C=O) groups is 1. The number of aryl methyl sites for hydroxylation is 2. The minimum absolute atomic E-state index is 0.0777. The Morgan fingerprint density at radius 1 is 0.917 bits per heavy atom. The fourth-order valence-corrected chi connectivity index (χ4v) is 5.60. The van der Waals surface area contributed by atoms with Crippen molar-refractivity contribution in [2.24, 2.45) is 0 Å². The Bertz CT molecular complexity index is 1440. The number of fused-ring (bicyclic) bond motifs is 1. The van der Waals surface area contributed by atoms with Crippen LogP contribution < -0.4 is 5.56 Å². The second-order valence-electron chi connectivity index (χ2n) is 9.27. The number of amides is 1. The van der Waals surface area contributed by atoms with Gasteiger partial charge >= 0.3 is 0 Å². The molecule has 1 saturated heterocycles. The van der Waals surface area contributed by atoms with Gasteiger partial charge in [0.15, 0.2) is 5.16 Å². The molecule has 1 aliphatic rings. The standard InChI is InChI=1S/C29H30N4O2S/c1-21-12-13-26(22(2)18-21)33-28(35)24-10-6-7-11-25(24)30-29(33)36-20-27(34)32-16-14-31(15-17-32)19-23-8-4-3-5-9-23/h3-13,18H,14-17,19-20H2,1-2H3. The van der Waals surface area contributed by atoms with Gasteiger partial charge in [-0.3, -0.25) is 19.1 Å². The summed E-state index contributed by atoms with van der Waals surface area (Å²) in [7, 11) is 0. The molecule has 0 spiro atoms. The number of carbonyl (C=O) groups excluding carboxylic acids is 1. The smallest absolute Gasteiger partial charge is 0.266 e. The molecule has 5 rings (SSSR count). The maximum absolute atomic E-state index is 13.5. The molecule has 0 unspecified atom stereocenters. The van der Waals surface area contributed by atoms with Crippen molar-refractivity contribution in [3.63, 3.8) is 0 Å². The molecule has 36 heavy (non-hydrogen) atoms. The van der Waals surface area contributed by atoms with Gasteiger partial charge in [-0.2, -0.15) is 0 Å². The maximum Gasteiger partial charge on any atom is 0.266 e. The van der Waals surface area contributed by atoms with E-state index >= 15 is 0 Å². The summed E-state index contributed by atoms with van der Waals surface area (Å²) in [5.74, 6) is 0.322. The summed E-state index contributed by atoms with van der Waals surface area (Å²) in [5, 5.41) is 1.12. The van der Waals surface area contributed by atoms with Gasteiger partial charge in [-0.25, -0.2) is 4.98 Å². The van der Waals surface area contributed by atoms with Gasteiger partial charge in [-0.1, -0.05) is 71.9 Å². The molecule has 0 N–H and O–H groups in total. The quantitative estimate of drug-likeness (QED) is 0.291. The second kappa shape index (κ2) is 10.7. The van der Waals surface area contributed by atoms with Crippen molar-refractivity contribution >= 4 is 28.6 Å². The van der Waals surface area contributed by atoms with Crippen molar-refractivity contribution in [1.29, 1.82) is 0 Å². The number of benzene rings is 3. The van der Waals surface area contributed by atoms with Gasteiger partial charge < -0.3 is 4.90 Å². The van der Waals surface area contributed by atoms with Crippen LogP contribution in [0.4, 0.5) is 0 Å². The highest BCUT2D eigenvalue weighted by atomic mass is 32.2. The second-order valence-corrected chi connectivity index (χ2v) is 10.2. The molecule has 184 valence electrons. The Morgan fingerprint density at radius 3 is 2.39 bits per heavy atom. The van der Waals surface area contributed by atoms with Crippen LogP contribution in [0.25, 0.3) is 16.6 Å². The molecule has 2 heterocycles. The summed E-state index contributed by atoms with van der Waals surface area (Å²) in [6.45, 7) is 8.06. The van der Waals surface area contributed by atoms with E-state index in [1.54, 1.807) is 10.6 Å². The Labute approximate surface area is 215 Å². The largest absolute Gasteiger partial charge is 0.339 e. The molecule has 3 aromatic carbocycles. The third-order valence-electron chi connectivity index (χ3n) is 6.64. The molecule has 7 heteroatoms. The average molecular weight is 499 g/mol. The van der Waals surface area contributed by atoms with Crippen molar-refractivity contribution < 1.29 is 4.79 Å². The van der Waals surface area contributed by atoms with Gasteiger partial charge in [0.1, 0.15) is 0 Å². The van der Waals surface area contributed by atoms with E-state index in [-0.39, 0.29) is 17.2 Å². The highest BCUT2D eigenvalue weighted by Crippen LogP contribution is 2.24. The number of nitrogens with zero attached hydrogens (tertiary/aromatic N) is 4. The first-order valence-corrected chi connectivity index (χ1v) is 13.2. The highest BCUT2D eigenvalue weighted by Gasteiger charge is 2.22. The lowest BCUT2D eigenvalue weighted by atomic mass is 10.1. The Hall–Kier alpha value is -3.42. The fourth-order valence-electron chi connectivity index (χ4n) is 4.69. The molecule has 4 aromatic rings. The van der Waals surface area contributed by atoms with E-state index in [4.69, 9.17) is 4.98 Å². The van der Waals surface area contributed by atoms with Crippen LogP contribution in [0.3, 0.4) is 0 Å². The van der Waals surface area contributed by atoms with Gasteiger partial charge in [-0.15, -0.1) is 0 Å². The van der Waals surface area contributed by atoms with Gasteiger partial charge in [-0.05, 0) is 43.2 Å². The monoisotopic (exact) mass is 498 g/mol. The molecule has 0 saturated carbocycles. The lowest BCUT2D eigenvalue weighted by Crippen LogP contribution is -2.48. The van der Waals surface area contributed by atoms with Crippen LogP contribution in [-0.4, -0.2) is 57.2 Å². The van der Waals surface area contributed by atoms with E-state index in [9.17, 15) is 9.59 Å². The molecule has 1 aromatic heterocycles. The fraction of sp³-hybridized carbons (Fsp3) is 0.276. The van der Waals surface area contributed by atoms with Crippen LogP contribution in [0.15, 0.2) is 82.7 Å². The van der Waals surface area contributed by atoms with Crippen molar-refractivity contribution in [3.8, 4) is 5.69 Å². The summed E-state index contributed by atoms with van der Waals surface area (Å²) in [6, 6.07) is 23.8. The predicted molar refractivity (Wildman–Crippen MR) is 146 cm³/mol. The first-order chi connectivity index (χ1) is 17.5. The number of para-hydroxylation sites is 1. The van der Waals surface area contributed by atoms with Gasteiger partial charge in [0.05, 0.1) is 22.3 Å². The first kappa shape index (κ1) is 24.3. The third kappa shape index (κ3) is 5.22. The van der Waals surface area contributed by atoms with Crippen molar-refractivity contribution in [2.75, 3.05) is 31.9 Å². The molecule has 1 amide bonds. The molecule has 6 nitrogen and oxygen atoms in total. The van der Waals surface area contributed by atoms with Crippen molar-refractivity contribution in [2.45, 2.75) is 25.5 Å². The zero-order chi connectivity index (χ0) is 25.1. The lowest BCUT2D eigenvalue weighted by molar-refractivity contribution is -0.130. The van der Waals surface area contributed by atoms with Crippen LogP contribution in [0.5, 0.6) is 0 Å². The van der Waals surface area contributed by atoms with Crippen LogP contribution in [0, 0.1) is 13.8 Å². The topological polar surface area (TPSA) is 58.4 Å². The molecule has 0 atom stereocenters. The van der Waals surface area contributed by atoms with Crippen molar-refractivity contribution in [3.05, 3.63) is 99.8 Å². The van der Waals surface area contributed by atoms with E-state index in [0.717, 1.165) is 36.4 Å². The highest BCUT2D eigenvalue weighted by molar-refractivity contribution is 7.99. The minimum Gasteiger partial charge on any atom is -0.339 e. The molecule has 0 bridgehead atoms. The van der Waals surface area contributed by atoms with E-state index in [1.165, 1.54) is 17.3 Å². The van der Waals surface area contributed by atoms with Crippen LogP contribution in [0.1, 0.15) is 16.7 Å². The third-order valence-corrected chi connectivity index (χ3v) is 7.56. The molecular formula is C29H30N4O2S. The molecule has 1 fully saturated rings. The van der Waals surface area contributed by atoms with E-state index in [2.05, 4.69) is 35.2 Å². The van der Waals surface area contributed by atoms with Gasteiger partial charge in [0.2, 0.25) is 5.91 Å². The summed E-state index contributed by atoms with van der Waals surface area (Å²) in [4.78, 5) is 35.8. The van der Waals surface area contributed by atoms with E-state index < -0.39 is 0 Å². The van der Waals surface area contributed by atoms with Crippen LogP contribution >= 0.6 is 11.8 Å². The van der Waals surface area contributed by atoms with Gasteiger partial charge in [0.25, 0.3) is 5.56 Å². The zero-order valence-electron chi connectivity index (χ0n) is 20.7. The normalized spacial score (nSPS) is 14.3. The molecule has 0 aliphatic carbocycles. The number of aromatic nitrogens is 2. The number of hydrogen-bond donors (Lipinski definition) is 0. The molecular weight excluding hydrogens is 468 g/mol. The maximum atomic E-state index is 13.5. The van der Waals surface area contributed by atoms with Gasteiger partial charge in [0, 0.05) is 32.7 Å². The SMILES string of the molecule is Cc1ccc(-n2c(SCC(=O)N3CCN(Cc4ccccc4)CC3)nc3ccccc3c2=O)c(C)c1. The summed E-state index contributed by atoms with van der Waals surface area (Å²) in [5.41, 5.74) is 4.75. The molecule has 0 radical (unpaired) electrons. The Kier molecular flexibility index (Phi) is 7.20. The number of thioether (sulfide) groups is 1. The predicted octanol–water partition coefficient (Wildman–Crippen LogP) is 4.44. The van der Waals surface area contributed by atoms with E-state index in [1.807, 2.05) is 55.1 Å². The van der Waals surface area contributed by atoms with E-state index in [0.29, 0.717) is 29.1 Å². The number of piperazine rings is 1. The number of hydrogen-bond acceptors (Lipinski definition) is 5. The number of rotatable bonds is 6. The average Bonchev–Trinajstić information content (AvgIpc) is 2.89. The first-order valence-electron chi connectivity index (χ1n) is 12.3. The lowest BCUT2D eigenvalue weighted by Gasteiger charge is -2.34. The van der Waals surface area contributed by atoms with Crippen LogP contribution in [-0.2, 0) is 11.3 Å². The molecule has 1 aliphatic heterocycles. The summed E-state index contributed by atoms with van der Waals surface area (Å²) < 4.78 is 1.66. The minimum atomic E-state index is -0.114. The van der Waals surface area contributed by atoms with Crippen LogP contribution in [0.2, 0.25) is 0 Å². The van der Waals surface area contributed by atoms with Crippen molar-refractivity contribution in [1.82, 2.24) is 19.4 Å². The Balaban J connectivity index is 1.32.